The molecule has 17 heavy (non-hydrogen) atoms. The number of rotatable bonds is 1. The fourth-order valence-corrected chi connectivity index (χ4v) is 3.72. The van der Waals surface area contributed by atoms with Crippen LogP contribution in [-0.2, 0) is 13.0 Å². The van der Waals surface area contributed by atoms with Gasteiger partial charge in [-0.25, -0.2) is 4.98 Å². The number of hydrogen-bond donors (Lipinski definition) is 0. The van der Waals surface area contributed by atoms with Crippen LogP contribution in [0, 0.1) is 5.92 Å². The molecular weight excluding hydrogens is 278 g/mol. The van der Waals surface area contributed by atoms with E-state index in [0.29, 0.717) is 5.92 Å². The van der Waals surface area contributed by atoms with E-state index in [9.17, 15) is 0 Å². The number of nitrogens with zero attached hydrogens (tertiary/aromatic N) is 3. The van der Waals surface area contributed by atoms with E-state index in [1.807, 2.05) is 0 Å². The molecule has 2 atom stereocenters. The molecule has 1 saturated heterocycles. The fraction of sp³-hybridized carbons (Fsp3) is 0.769. The molecule has 0 spiro atoms. The van der Waals surface area contributed by atoms with Crippen molar-refractivity contribution in [2.45, 2.75) is 38.6 Å². The standard InChI is InChI=1S/C13H20BrN3/c1-9-3-6-17-11(7-9)12(14)15-13(17)10-4-5-16(2)8-10/h9-10H,3-8H2,1-2H3. The second kappa shape index (κ2) is 4.39. The molecule has 3 nitrogen and oxygen atoms in total. The quantitative estimate of drug-likeness (QED) is 0.795. The van der Waals surface area contributed by atoms with Crippen molar-refractivity contribution < 1.29 is 0 Å². The summed E-state index contributed by atoms with van der Waals surface area (Å²) in [6.45, 7) is 5.87. The molecule has 1 fully saturated rings. The van der Waals surface area contributed by atoms with Gasteiger partial charge in [-0.3, -0.25) is 0 Å². The average molecular weight is 298 g/mol. The third kappa shape index (κ3) is 2.06. The Bertz CT molecular complexity index is 427. The molecule has 1 aromatic rings. The molecule has 1 aromatic heterocycles. The Balaban J connectivity index is 1.93. The van der Waals surface area contributed by atoms with Crippen LogP contribution in [0.1, 0.15) is 37.2 Å². The minimum Gasteiger partial charge on any atom is -0.331 e. The van der Waals surface area contributed by atoms with E-state index in [1.165, 1.54) is 43.9 Å². The number of imidazole rings is 1. The van der Waals surface area contributed by atoms with E-state index in [2.05, 4.69) is 39.4 Å². The van der Waals surface area contributed by atoms with Crippen molar-refractivity contribution in [3.63, 3.8) is 0 Å². The molecule has 0 aliphatic carbocycles. The van der Waals surface area contributed by atoms with Crippen LogP contribution in [0.5, 0.6) is 0 Å². The normalized spacial score (nSPS) is 29.6. The lowest BCUT2D eigenvalue weighted by molar-refractivity contribution is 0.389. The van der Waals surface area contributed by atoms with E-state index >= 15 is 0 Å². The van der Waals surface area contributed by atoms with E-state index in [4.69, 9.17) is 4.98 Å². The van der Waals surface area contributed by atoms with Crippen LogP contribution < -0.4 is 0 Å². The van der Waals surface area contributed by atoms with Crippen LogP contribution in [0.15, 0.2) is 4.60 Å². The molecule has 0 amide bonds. The lowest BCUT2D eigenvalue weighted by Gasteiger charge is -2.23. The van der Waals surface area contributed by atoms with Gasteiger partial charge in [0, 0.05) is 19.0 Å². The van der Waals surface area contributed by atoms with Crippen molar-refractivity contribution in [2.24, 2.45) is 5.92 Å². The van der Waals surface area contributed by atoms with Crippen LogP contribution in [-0.4, -0.2) is 34.6 Å². The van der Waals surface area contributed by atoms with Crippen LogP contribution in [0.2, 0.25) is 0 Å². The smallest absolute Gasteiger partial charge is 0.127 e. The Morgan fingerprint density at radius 1 is 1.29 bits per heavy atom. The monoisotopic (exact) mass is 297 g/mol. The molecule has 0 saturated carbocycles. The minimum atomic E-state index is 0.637. The fourth-order valence-electron chi connectivity index (χ4n) is 3.16. The highest BCUT2D eigenvalue weighted by Crippen LogP contribution is 2.33. The third-order valence-corrected chi connectivity index (χ3v) is 4.83. The zero-order valence-corrected chi connectivity index (χ0v) is 12.2. The topological polar surface area (TPSA) is 21.1 Å². The molecule has 3 rings (SSSR count). The van der Waals surface area contributed by atoms with Gasteiger partial charge in [-0.15, -0.1) is 0 Å². The zero-order chi connectivity index (χ0) is 12.0. The zero-order valence-electron chi connectivity index (χ0n) is 10.6. The second-order valence-electron chi connectivity index (χ2n) is 5.70. The Hall–Kier alpha value is -0.350. The average Bonchev–Trinajstić information content (AvgIpc) is 2.84. The van der Waals surface area contributed by atoms with Crippen LogP contribution in [0.3, 0.4) is 0 Å². The first kappa shape index (κ1) is 11.7. The summed E-state index contributed by atoms with van der Waals surface area (Å²) in [6.07, 6.45) is 3.73. The van der Waals surface area contributed by atoms with Crippen molar-refractivity contribution in [1.29, 1.82) is 0 Å². The molecular formula is C13H20BrN3. The maximum Gasteiger partial charge on any atom is 0.127 e. The number of fused-ring (bicyclic) bond motifs is 1. The van der Waals surface area contributed by atoms with Gasteiger partial charge in [-0.1, -0.05) is 6.92 Å². The Morgan fingerprint density at radius 2 is 2.12 bits per heavy atom. The highest BCUT2D eigenvalue weighted by atomic mass is 79.9. The predicted molar refractivity (Wildman–Crippen MR) is 72.3 cm³/mol. The maximum absolute atomic E-state index is 4.80. The summed E-state index contributed by atoms with van der Waals surface area (Å²) >= 11 is 3.65. The Labute approximate surface area is 111 Å². The largest absolute Gasteiger partial charge is 0.331 e. The summed E-state index contributed by atoms with van der Waals surface area (Å²) in [7, 11) is 2.21. The van der Waals surface area contributed by atoms with E-state index in [-0.39, 0.29) is 0 Å². The summed E-state index contributed by atoms with van der Waals surface area (Å²) in [5.74, 6) is 2.76. The summed E-state index contributed by atoms with van der Waals surface area (Å²) in [5, 5.41) is 0. The van der Waals surface area contributed by atoms with Gasteiger partial charge in [0.1, 0.15) is 10.4 Å². The first-order valence-corrected chi connectivity index (χ1v) is 7.37. The molecule has 3 heterocycles. The summed E-state index contributed by atoms with van der Waals surface area (Å²) in [6, 6.07) is 0. The summed E-state index contributed by atoms with van der Waals surface area (Å²) in [4.78, 5) is 7.20. The summed E-state index contributed by atoms with van der Waals surface area (Å²) in [5.41, 5.74) is 1.42. The van der Waals surface area contributed by atoms with Gasteiger partial charge in [-0.05, 0) is 54.7 Å². The number of hydrogen-bond acceptors (Lipinski definition) is 2. The Morgan fingerprint density at radius 3 is 2.82 bits per heavy atom. The lowest BCUT2D eigenvalue weighted by atomic mass is 9.98. The minimum absolute atomic E-state index is 0.637. The van der Waals surface area contributed by atoms with Gasteiger partial charge in [0.15, 0.2) is 0 Å². The van der Waals surface area contributed by atoms with Crippen LogP contribution >= 0.6 is 15.9 Å². The van der Waals surface area contributed by atoms with Gasteiger partial charge in [0.25, 0.3) is 0 Å². The van der Waals surface area contributed by atoms with Gasteiger partial charge >= 0.3 is 0 Å². The van der Waals surface area contributed by atoms with Crippen LogP contribution in [0.25, 0.3) is 0 Å². The van der Waals surface area contributed by atoms with Crippen molar-refractivity contribution in [1.82, 2.24) is 14.5 Å². The Kier molecular flexibility index (Phi) is 3.03. The predicted octanol–water partition coefficient (Wildman–Crippen LogP) is 2.65. The van der Waals surface area contributed by atoms with E-state index < -0.39 is 0 Å². The van der Waals surface area contributed by atoms with Crippen molar-refractivity contribution >= 4 is 15.9 Å². The van der Waals surface area contributed by atoms with E-state index in [0.717, 1.165) is 17.1 Å². The van der Waals surface area contributed by atoms with Crippen molar-refractivity contribution in [2.75, 3.05) is 20.1 Å². The van der Waals surface area contributed by atoms with E-state index in [1.54, 1.807) is 0 Å². The molecule has 4 heteroatoms. The summed E-state index contributed by atoms with van der Waals surface area (Å²) < 4.78 is 3.57. The molecule has 2 unspecified atom stereocenters. The van der Waals surface area contributed by atoms with Crippen LogP contribution in [0.4, 0.5) is 0 Å². The molecule has 0 radical (unpaired) electrons. The first-order chi connectivity index (χ1) is 8.15. The molecule has 0 aromatic carbocycles. The number of likely N-dealkylation sites (tertiary alicyclic amines) is 1. The van der Waals surface area contributed by atoms with Gasteiger partial charge in [0.2, 0.25) is 0 Å². The van der Waals surface area contributed by atoms with Crippen molar-refractivity contribution in [3.05, 3.63) is 16.1 Å². The number of halogens is 1. The lowest BCUT2D eigenvalue weighted by Crippen LogP contribution is -2.21. The molecule has 0 bridgehead atoms. The highest BCUT2D eigenvalue weighted by molar-refractivity contribution is 9.10. The third-order valence-electron chi connectivity index (χ3n) is 4.20. The van der Waals surface area contributed by atoms with Crippen molar-refractivity contribution in [3.8, 4) is 0 Å². The second-order valence-corrected chi connectivity index (χ2v) is 6.46. The molecule has 2 aliphatic rings. The number of likely N-dealkylation sites (N-methyl/N-ethyl adjacent to an activating group) is 1. The maximum atomic E-state index is 4.80. The molecule has 94 valence electrons. The molecule has 2 aliphatic heterocycles. The highest BCUT2D eigenvalue weighted by Gasteiger charge is 2.29. The van der Waals surface area contributed by atoms with Gasteiger partial charge in [-0.2, -0.15) is 0 Å². The van der Waals surface area contributed by atoms with Gasteiger partial charge in [0.05, 0.1) is 5.69 Å². The first-order valence-electron chi connectivity index (χ1n) is 6.58. The SMILES string of the molecule is CC1CCn2c(C3CCN(C)C3)nc(Br)c2C1. The number of aromatic nitrogens is 2. The van der Waals surface area contributed by atoms with Gasteiger partial charge < -0.3 is 9.47 Å². The molecule has 0 N–H and O–H groups in total.